The summed E-state index contributed by atoms with van der Waals surface area (Å²) in [5.74, 6) is 0.895. The van der Waals surface area contributed by atoms with Crippen LogP contribution in [0.1, 0.15) is 22.5 Å². The fourth-order valence-electron chi connectivity index (χ4n) is 4.78. The number of rotatable bonds is 11. The van der Waals surface area contributed by atoms with Crippen LogP contribution in [0, 0.1) is 5.41 Å². The fourth-order valence-corrected chi connectivity index (χ4v) is 6.25. The molecule has 9 heteroatoms. The van der Waals surface area contributed by atoms with Gasteiger partial charge in [0.2, 0.25) is 0 Å². The van der Waals surface area contributed by atoms with Gasteiger partial charge in [0.1, 0.15) is 11.7 Å². The summed E-state index contributed by atoms with van der Waals surface area (Å²) in [4.78, 5) is 7.24. The van der Waals surface area contributed by atoms with Crippen molar-refractivity contribution in [3.05, 3.63) is 126 Å². The van der Waals surface area contributed by atoms with E-state index in [1.165, 1.54) is 4.31 Å². The van der Waals surface area contributed by atoms with Crippen LogP contribution in [0.3, 0.4) is 0 Å². The number of fused-ring (bicyclic) bond motifs is 1. The third-order valence-corrected chi connectivity index (χ3v) is 8.83. The van der Waals surface area contributed by atoms with Crippen LogP contribution < -0.4 is 10.0 Å². The minimum absolute atomic E-state index is 0.0321. The van der Waals surface area contributed by atoms with Crippen molar-refractivity contribution in [1.29, 1.82) is 5.41 Å². The van der Waals surface area contributed by atoms with E-state index < -0.39 is 10.0 Å². The van der Waals surface area contributed by atoms with E-state index in [4.69, 9.17) is 16.1 Å². The first-order valence-electron chi connectivity index (χ1n) is 13.4. The van der Waals surface area contributed by atoms with Crippen LogP contribution in [-0.2, 0) is 23.0 Å². The number of benzene rings is 4. The van der Waals surface area contributed by atoms with Crippen LogP contribution in [0.25, 0.3) is 11.0 Å². The van der Waals surface area contributed by atoms with E-state index in [0.29, 0.717) is 37.3 Å². The van der Waals surface area contributed by atoms with E-state index in [9.17, 15) is 8.42 Å². The molecule has 210 valence electrons. The number of nitrogens with zero attached hydrogens (tertiary/aromatic N) is 4. The summed E-state index contributed by atoms with van der Waals surface area (Å²) in [7, 11) is 0.0697. The van der Waals surface area contributed by atoms with Gasteiger partial charge in [-0.2, -0.15) is 0 Å². The Labute approximate surface area is 241 Å². The molecule has 0 bridgehead atoms. The number of anilines is 1. The molecule has 0 atom stereocenters. The van der Waals surface area contributed by atoms with Gasteiger partial charge in [-0.05, 0) is 55.6 Å². The minimum atomic E-state index is -3.79. The summed E-state index contributed by atoms with van der Waals surface area (Å²) in [6.07, 6.45) is 0.571. The second kappa shape index (κ2) is 12.0. The van der Waals surface area contributed by atoms with Crippen molar-refractivity contribution in [2.45, 2.75) is 17.9 Å². The molecule has 0 aliphatic rings. The maximum atomic E-state index is 13.8. The predicted molar refractivity (Wildman–Crippen MR) is 165 cm³/mol. The molecule has 5 aromatic rings. The van der Waals surface area contributed by atoms with Crippen LogP contribution in [0.15, 0.2) is 108 Å². The lowest BCUT2D eigenvalue weighted by Gasteiger charge is -2.26. The van der Waals surface area contributed by atoms with Crippen LogP contribution >= 0.6 is 0 Å². The molecule has 0 aliphatic heterocycles. The lowest BCUT2D eigenvalue weighted by molar-refractivity contribution is 0.419. The van der Waals surface area contributed by atoms with Crippen molar-refractivity contribution in [1.82, 2.24) is 14.5 Å². The number of sulfonamides is 1. The number of aromatic nitrogens is 2. The number of imidazole rings is 1. The zero-order valence-corrected chi connectivity index (χ0v) is 24.1. The van der Waals surface area contributed by atoms with Gasteiger partial charge < -0.3 is 15.2 Å². The Hall–Kier alpha value is -4.47. The molecule has 41 heavy (non-hydrogen) atoms. The molecule has 1 aromatic heterocycles. The zero-order chi connectivity index (χ0) is 29.0. The summed E-state index contributed by atoms with van der Waals surface area (Å²) in [5.41, 5.74) is 10.7. The average molecular weight is 567 g/mol. The molecule has 8 nitrogen and oxygen atoms in total. The third kappa shape index (κ3) is 6.32. The number of nitrogens with two attached hydrogens (primary N) is 1. The average Bonchev–Trinajstić information content (AvgIpc) is 3.30. The minimum Gasteiger partial charge on any atom is -0.384 e. The molecule has 0 saturated heterocycles. The van der Waals surface area contributed by atoms with E-state index in [-0.39, 0.29) is 10.7 Å². The number of hydrogen-bond acceptors (Lipinski definition) is 5. The Balaban J connectivity index is 1.58. The van der Waals surface area contributed by atoms with E-state index in [1.807, 2.05) is 85.7 Å². The van der Waals surface area contributed by atoms with E-state index in [2.05, 4.69) is 16.7 Å². The van der Waals surface area contributed by atoms with Gasteiger partial charge >= 0.3 is 0 Å². The quantitative estimate of drug-likeness (QED) is 0.178. The highest BCUT2D eigenvalue weighted by atomic mass is 32.2. The highest BCUT2D eigenvalue weighted by molar-refractivity contribution is 7.92. The number of nitrogen functional groups attached to an aromatic ring is 1. The molecule has 0 spiro atoms. The number of amidine groups is 1. The number of nitrogens with one attached hydrogen (secondary N) is 1. The monoisotopic (exact) mass is 566 g/mol. The predicted octanol–water partition coefficient (Wildman–Crippen LogP) is 4.72. The maximum Gasteiger partial charge on any atom is 0.264 e. The molecule has 4 aromatic carbocycles. The molecule has 0 unspecified atom stereocenters. The van der Waals surface area contributed by atoms with Gasteiger partial charge in [-0.25, -0.2) is 13.4 Å². The van der Waals surface area contributed by atoms with Gasteiger partial charge in [-0.1, -0.05) is 72.8 Å². The molecule has 0 saturated carbocycles. The van der Waals surface area contributed by atoms with Crippen LogP contribution in [-0.4, -0.2) is 55.9 Å². The first-order valence-corrected chi connectivity index (χ1v) is 14.9. The van der Waals surface area contributed by atoms with Gasteiger partial charge in [-0.3, -0.25) is 9.71 Å². The normalized spacial score (nSPS) is 11.7. The summed E-state index contributed by atoms with van der Waals surface area (Å²) in [6, 6.07) is 32.0. The first-order chi connectivity index (χ1) is 19.7. The first kappa shape index (κ1) is 28.1. The van der Waals surface area contributed by atoms with Gasteiger partial charge in [0, 0.05) is 31.6 Å². The summed E-state index contributed by atoms with van der Waals surface area (Å²) < 4.78 is 31.2. The second-order valence-electron chi connectivity index (χ2n) is 10.3. The summed E-state index contributed by atoms with van der Waals surface area (Å²) >= 11 is 0. The Bertz CT molecular complexity index is 1750. The zero-order valence-electron chi connectivity index (χ0n) is 23.2. The summed E-state index contributed by atoms with van der Waals surface area (Å²) in [5, 5.41) is 7.68. The molecule has 0 amide bonds. The van der Waals surface area contributed by atoms with Crippen molar-refractivity contribution in [3.8, 4) is 0 Å². The molecular weight excluding hydrogens is 532 g/mol. The number of hydrogen-bond donors (Lipinski definition) is 2. The van der Waals surface area contributed by atoms with Crippen molar-refractivity contribution in [2.24, 2.45) is 5.73 Å². The SMILES string of the molecule is CN(C)CCN(c1ccc2c(c1)nc(Cc1ccc(C(=N)N)cc1)n2Cc1ccccc1)S(=O)(=O)c1ccccc1. The van der Waals surface area contributed by atoms with Crippen LogP contribution in [0.5, 0.6) is 0 Å². The molecule has 3 N–H and O–H groups in total. The molecule has 0 radical (unpaired) electrons. The molecular formula is C32H34N6O2S. The van der Waals surface area contributed by atoms with Crippen molar-refractivity contribution in [3.63, 3.8) is 0 Å². The standard InChI is InChI=1S/C32H34N6O2S/c1-36(2)19-20-38(41(39,40)28-11-7-4-8-12-28)27-17-18-30-29(22-27)35-31(37(30)23-25-9-5-3-6-10-25)21-24-13-15-26(16-14-24)32(33)34/h3-18,22H,19-21,23H2,1-2H3,(H3,33,34). The Morgan fingerprint density at radius 1 is 0.854 bits per heavy atom. The van der Waals surface area contributed by atoms with E-state index in [1.54, 1.807) is 24.3 Å². The van der Waals surface area contributed by atoms with Crippen molar-refractivity contribution in [2.75, 3.05) is 31.5 Å². The Morgan fingerprint density at radius 3 is 2.15 bits per heavy atom. The third-order valence-electron chi connectivity index (χ3n) is 6.99. The number of likely N-dealkylation sites (N-methyl/N-ethyl adjacent to an activating group) is 1. The molecule has 1 heterocycles. The Kier molecular flexibility index (Phi) is 8.19. The maximum absolute atomic E-state index is 13.8. The molecule has 0 fully saturated rings. The van der Waals surface area contributed by atoms with Gasteiger partial charge in [0.25, 0.3) is 10.0 Å². The van der Waals surface area contributed by atoms with Crippen molar-refractivity contribution < 1.29 is 8.42 Å². The molecule has 0 aliphatic carbocycles. The summed E-state index contributed by atoms with van der Waals surface area (Å²) in [6.45, 7) is 1.49. The van der Waals surface area contributed by atoms with Gasteiger partial charge in [0.15, 0.2) is 0 Å². The fraction of sp³-hybridized carbons (Fsp3) is 0.188. The van der Waals surface area contributed by atoms with Gasteiger partial charge in [0.05, 0.1) is 21.6 Å². The van der Waals surface area contributed by atoms with Crippen LogP contribution in [0.4, 0.5) is 5.69 Å². The van der Waals surface area contributed by atoms with E-state index in [0.717, 1.165) is 28.0 Å². The topological polar surface area (TPSA) is 108 Å². The van der Waals surface area contributed by atoms with Crippen LogP contribution in [0.2, 0.25) is 0 Å². The van der Waals surface area contributed by atoms with Gasteiger partial charge in [-0.15, -0.1) is 0 Å². The highest BCUT2D eigenvalue weighted by Gasteiger charge is 2.26. The lowest BCUT2D eigenvalue weighted by atomic mass is 10.1. The largest absolute Gasteiger partial charge is 0.384 e. The van der Waals surface area contributed by atoms with Crippen molar-refractivity contribution >= 4 is 32.6 Å². The highest BCUT2D eigenvalue weighted by Crippen LogP contribution is 2.29. The second-order valence-corrected chi connectivity index (χ2v) is 12.1. The Morgan fingerprint density at radius 2 is 1.51 bits per heavy atom. The molecule has 5 rings (SSSR count). The lowest BCUT2D eigenvalue weighted by Crippen LogP contribution is -2.36. The van der Waals surface area contributed by atoms with E-state index >= 15 is 0 Å². The smallest absolute Gasteiger partial charge is 0.264 e.